The summed E-state index contributed by atoms with van der Waals surface area (Å²) in [5.41, 5.74) is -1.31. The topological polar surface area (TPSA) is 82.2 Å². The van der Waals surface area contributed by atoms with Crippen LogP contribution in [0.1, 0.15) is 18.4 Å². The van der Waals surface area contributed by atoms with Gasteiger partial charge in [0.1, 0.15) is 5.69 Å². The van der Waals surface area contributed by atoms with Gasteiger partial charge in [0, 0.05) is 18.9 Å². The van der Waals surface area contributed by atoms with Crippen LogP contribution in [0.4, 0.5) is 30.2 Å². The molecule has 0 spiro atoms. The first kappa shape index (κ1) is 17.2. The van der Waals surface area contributed by atoms with Crippen LogP contribution in [0, 0.1) is 10.1 Å². The summed E-state index contributed by atoms with van der Waals surface area (Å²) in [6.45, 7) is 1.27. The summed E-state index contributed by atoms with van der Waals surface area (Å²) >= 11 is 0. The summed E-state index contributed by atoms with van der Waals surface area (Å²) in [5, 5.41) is 18.0. The van der Waals surface area contributed by atoms with Crippen molar-refractivity contribution in [2.24, 2.45) is 0 Å². The van der Waals surface area contributed by atoms with Crippen LogP contribution in [0.25, 0.3) is 0 Å². The van der Waals surface area contributed by atoms with Crippen molar-refractivity contribution >= 4 is 17.1 Å². The van der Waals surface area contributed by atoms with Gasteiger partial charge in [-0.2, -0.15) is 18.3 Å². The van der Waals surface area contributed by atoms with Crippen molar-refractivity contribution in [3.63, 3.8) is 0 Å². The number of hydrogen-bond acceptors (Lipinski definition) is 5. The molecule has 1 N–H and O–H groups in total. The molecule has 134 valence electrons. The Kier molecular flexibility index (Phi) is 4.62. The molecule has 7 nitrogen and oxygen atoms in total. The molecule has 2 aromatic rings. The number of alkyl halides is 3. The zero-order chi connectivity index (χ0) is 18.0. The molecule has 0 amide bonds. The molecule has 2 heterocycles. The molecule has 1 aromatic heterocycles. The number of nitro groups is 1. The number of anilines is 2. The lowest BCUT2D eigenvalue weighted by Crippen LogP contribution is -2.15. The number of halogens is 3. The number of aromatic nitrogens is 2. The van der Waals surface area contributed by atoms with Crippen LogP contribution in [-0.2, 0) is 17.5 Å². The Morgan fingerprint density at radius 1 is 1.44 bits per heavy atom. The zero-order valence-electron chi connectivity index (χ0n) is 13.0. The number of nitrogens with zero attached hydrogens (tertiary/aromatic N) is 3. The summed E-state index contributed by atoms with van der Waals surface area (Å²) < 4.78 is 45.3. The van der Waals surface area contributed by atoms with Gasteiger partial charge >= 0.3 is 6.18 Å². The molecule has 0 unspecified atom stereocenters. The van der Waals surface area contributed by atoms with E-state index in [9.17, 15) is 23.3 Å². The first-order valence-electron chi connectivity index (χ1n) is 7.59. The highest BCUT2D eigenvalue weighted by Gasteiger charge is 2.33. The lowest BCUT2D eigenvalue weighted by atomic mass is 10.1. The fourth-order valence-corrected chi connectivity index (χ4v) is 2.65. The molecule has 0 aliphatic carbocycles. The summed E-state index contributed by atoms with van der Waals surface area (Å²) in [4.78, 5) is 10.2. The van der Waals surface area contributed by atoms with Gasteiger partial charge in [0.15, 0.2) is 0 Å². The third kappa shape index (κ3) is 4.08. The summed E-state index contributed by atoms with van der Waals surface area (Å²) in [6, 6.07) is 2.35. The molecule has 3 rings (SSSR count). The maximum atomic E-state index is 12.7. The highest BCUT2D eigenvalue weighted by molar-refractivity contribution is 5.69. The van der Waals surface area contributed by atoms with Gasteiger partial charge in [0.05, 0.1) is 35.0 Å². The van der Waals surface area contributed by atoms with Crippen LogP contribution < -0.4 is 5.32 Å². The normalized spacial score (nSPS) is 17.6. The molecule has 10 heteroatoms. The molecule has 1 aliphatic rings. The van der Waals surface area contributed by atoms with Crippen molar-refractivity contribution in [3.05, 3.63) is 46.3 Å². The summed E-state index contributed by atoms with van der Waals surface area (Å²) in [6.07, 6.45) is 0.449. The Bertz CT molecular complexity index is 770. The van der Waals surface area contributed by atoms with E-state index in [4.69, 9.17) is 4.74 Å². The van der Waals surface area contributed by atoms with Crippen molar-refractivity contribution in [1.29, 1.82) is 0 Å². The second-order valence-corrected chi connectivity index (χ2v) is 5.70. The van der Waals surface area contributed by atoms with Crippen molar-refractivity contribution < 1.29 is 22.8 Å². The third-order valence-electron chi connectivity index (χ3n) is 3.85. The first-order chi connectivity index (χ1) is 11.8. The van der Waals surface area contributed by atoms with E-state index in [1.165, 1.54) is 6.20 Å². The number of benzene rings is 1. The predicted octanol–water partition coefficient (Wildman–Crippen LogP) is 3.73. The zero-order valence-corrected chi connectivity index (χ0v) is 13.0. The van der Waals surface area contributed by atoms with Crippen molar-refractivity contribution in [2.45, 2.75) is 31.7 Å². The van der Waals surface area contributed by atoms with Gasteiger partial charge < -0.3 is 10.1 Å². The Balaban J connectivity index is 1.78. The second-order valence-electron chi connectivity index (χ2n) is 5.70. The molecule has 1 saturated heterocycles. The van der Waals surface area contributed by atoms with Crippen LogP contribution in [-0.4, -0.2) is 27.4 Å². The average Bonchev–Trinajstić information content (AvgIpc) is 3.19. The molecule has 0 bridgehead atoms. The smallest absolute Gasteiger partial charge is 0.376 e. The minimum atomic E-state index is -4.64. The van der Waals surface area contributed by atoms with E-state index in [0.717, 1.165) is 31.6 Å². The maximum Gasteiger partial charge on any atom is 0.416 e. The van der Waals surface area contributed by atoms with E-state index in [-0.39, 0.29) is 11.8 Å². The van der Waals surface area contributed by atoms with Gasteiger partial charge in [0.25, 0.3) is 5.69 Å². The number of ether oxygens (including phenoxy) is 1. The molecule has 1 fully saturated rings. The van der Waals surface area contributed by atoms with Crippen LogP contribution in [0.5, 0.6) is 0 Å². The van der Waals surface area contributed by atoms with Gasteiger partial charge in [-0.3, -0.25) is 14.8 Å². The van der Waals surface area contributed by atoms with Crippen molar-refractivity contribution in [2.75, 3.05) is 11.9 Å². The molecule has 0 saturated carbocycles. The molecule has 1 atom stereocenters. The van der Waals surface area contributed by atoms with Crippen molar-refractivity contribution in [1.82, 2.24) is 9.78 Å². The minimum Gasteiger partial charge on any atom is -0.376 e. The van der Waals surface area contributed by atoms with E-state index in [0.29, 0.717) is 18.3 Å². The first-order valence-corrected chi connectivity index (χ1v) is 7.59. The number of hydrogen-bond donors (Lipinski definition) is 1. The Hall–Kier alpha value is -2.62. The molecule has 25 heavy (non-hydrogen) atoms. The van der Waals surface area contributed by atoms with Crippen LogP contribution in [0.2, 0.25) is 0 Å². The molecule has 1 aromatic carbocycles. The number of nitro benzene ring substituents is 1. The number of rotatable bonds is 5. The van der Waals surface area contributed by atoms with Gasteiger partial charge in [-0.05, 0) is 25.0 Å². The Morgan fingerprint density at radius 3 is 2.88 bits per heavy atom. The van der Waals surface area contributed by atoms with Gasteiger partial charge in [-0.15, -0.1) is 0 Å². The molecular weight excluding hydrogens is 341 g/mol. The standard InChI is InChI=1S/C15H15F3N4O3/c16-15(17,18)10-3-4-13(14(6-10)22(23)24)20-11-7-19-21(8-11)9-12-2-1-5-25-12/h3-4,6-8,12,20H,1-2,5,9H2/t12-/m1/s1. The monoisotopic (exact) mass is 356 g/mol. The van der Waals surface area contributed by atoms with Crippen LogP contribution >= 0.6 is 0 Å². The lowest BCUT2D eigenvalue weighted by molar-refractivity contribution is -0.384. The van der Waals surface area contributed by atoms with Crippen LogP contribution in [0.3, 0.4) is 0 Å². The largest absolute Gasteiger partial charge is 0.416 e. The highest BCUT2D eigenvalue weighted by Crippen LogP contribution is 2.36. The maximum absolute atomic E-state index is 12.7. The SMILES string of the molecule is O=[N+]([O-])c1cc(C(F)(F)F)ccc1Nc1cnn(C[C@H]2CCCO2)c1. The predicted molar refractivity (Wildman–Crippen MR) is 82.6 cm³/mol. The Labute approximate surface area is 140 Å². The second kappa shape index (κ2) is 6.71. The van der Waals surface area contributed by atoms with E-state index in [2.05, 4.69) is 10.4 Å². The fourth-order valence-electron chi connectivity index (χ4n) is 2.65. The van der Waals surface area contributed by atoms with Gasteiger partial charge in [-0.1, -0.05) is 0 Å². The fraction of sp³-hybridized carbons (Fsp3) is 0.400. The summed E-state index contributed by atoms with van der Waals surface area (Å²) in [7, 11) is 0. The molecule has 1 aliphatic heterocycles. The van der Waals surface area contributed by atoms with E-state index >= 15 is 0 Å². The Morgan fingerprint density at radius 2 is 2.24 bits per heavy atom. The van der Waals surface area contributed by atoms with Gasteiger partial charge in [-0.25, -0.2) is 0 Å². The van der Waals surface area contributed by atoms with E-state index < -0.39 is 22.4 Å². The average molecular weight is 356 g/mol. The third-order valence-corrected chi connectivity index (χ3v) is 3.85. The molecule has 0 radical (unpaired) electrons. The summed E-state index contributed by atoms with van der Waals surface area (Å²) in [5.74, 6) is 0. The number of nitrogens with one attached hydrogen (secondary N) is 1. The van der Waals surface area contributed by atoms with Crippen LogP contribution in [0.15, 0.2) is 30.6 Å². The van der Waals surface area contributed by atoms with E-state index in [1.54, 1.807) is 10.9 Å². The molecular formula is C15H15F3N4O3. The minimum absolute atomic E-state index is 0.0327. The lowest BCUT2D eigenvalue weighted by Gasteiger charge is -2.10. The highest BCUT2D eigenvalue weighted by atomic mass is 19.4. The van der Waals surface area contributed by atoms with Gasteiger partial charge in [0.2, 0.25) is 0 Å². The quantitative estimate of drug-likeness (QED) is 0.652. The van der Waals surface area contributed by atoms with E-state index in [1.807, 2.05) is 0 Å². The van der Waals surface area contributed by atoms with Crippen molar-refractivity contribution in [3.8, 4) is 0 Å².